The van der Waals surface area contributed by atoms with Crippen molar-refractivity contribution in [3.05, 3.63) is 12.2 Å². The van der Waals surface area contributed by atoms with Gasteiger partial charge < -0.3 is 5.32 Å². The summed E-state index contributed by atoms with van der Waals surface area (Å²) in [5.41, 5.74) is 1.00. The molecule has 1 aliphatic heterocycles. The topological polar surface area (TPSA) is 29.1 Å². The third-order valence-electron chi connectivity index (χ3n) is 1.86. The Morgan fingerprint density at radius 1 is 1.56 bits per heavy atom. The van der Waals surface area contributed by atoms with Gasteiger partial charge in [0, 0.05) is 6.04 Å². The highest BCUT2D eigenvalue weighted by Gasteiger charge is 2.28. The molecule has 1 amide bonds. The van der Waals surface area contributed by atoms with E-state index in [1.54, 1.807) is 0 Å². The molecule has 0 aromatic rings. The molecule has 0 radical (unpaired) electrons. The van der Waals surface area contributed by atoms with Crippen molar-refractivity contribution in [3.63, 3.8) is 0 Å². The maximum Gasteiger partial charge on any atom is 0.227 e. The van der Waals surface area contributed by atoms with Gasteiger partial charge in [-0.3, -0.25) is 4.79 Å². The minimum Gasteiger partial charge on any atom is -0.349 e. The van der Waals surface area contributed by atoms with Crippen molar-refractivity contribution in [2.45, 2.75) is 19.9 Å². The SMILES string of the molecule is C=C1[C@H](C)C(=O)N[C@@H]1C. The van der Waals surface area contributed by atoms with E-state index in [0.29, 0.717) is 0 Å². The highest BCUT2D eigenvalue weighted by atomic mass is 16.2. The molecule has 0 spiro atoms. The van der Waals surface area contributed by atoms with E-state index in [2.05, 4.69) is 11.9 Å². The summed E-state index contributed by atoms with van der Waals surface area (Å²) in [6.45, 7) is 7.61. The molecule has 2 atom stereocenters. The van der Waals surface area contributed by atoms with E-state index >= 15 is 0 Å². The van der Waals surface area contributed by atoms with Crippen molar-refractivity contribution in [3.8, 4) is 0 Å². The highest BCUT2D eigenvalue weighted by molar-refractivity contribution is 5.85. The van der Waals surface area contributed by atoms with Gasteiger partial charge in [-0.25, -0.2) is 0 Å². The van der Waals surface area contributed by atoms with Gasteiger partial charge in [0.15, 0.2) is 0 Å². The molecule has 1 aliphatic rings. The lowest BCUT2D eigenvalue weighted by Crippen LogP contribution is -2.23. The lowest BCUT2D eigenvalue weighted by molar-refractivity contribution is -0.121. The zero-order valence-corrected chi connectivity index (χ0v) is 5.77. The van der Waals surface area contributed by atoms with E-state index < -0.39 is 0 Å². The van der Waals surface area contributed by atoms with Crippen molar-refractivity contribution in [2.24, 2.45) is 5.92 Å². The van der Waals surface area contributed by atoms with Crippen LogP contribution in [0.1, 0.15) is 13.8 Å². The van der Waals surface area contributed by atoms with E-state index in [4.69, 9.17) is 0 Å². The van der Waals surface area contributed by atoms with Gasteiger partial charge in [0.05, 0.1) is 5.92 Å². The molecule has 0 aliphatic carbocycles. The summed E-state index contributed by atoms with van der Waals surface area (Å²) in [4.78, 5) is 10.8. The maximum atomic E-state index is 10.8. The van der Waals surface area contributed by atoms with Gasteiger partial charge >= 0.3 is 0 Å². The minimum atomic E-state index is 0.0139. The first-order valence-electron chi connectivity index (χ1n) is 3.12. The van der Waals surface area contributed by atoms with Crippen LogP contribution in [-0.4, -0.2) is 11.9 Å². The first-order valence-corrected chi connectivity index (χ1v) is 3.12. The monoisotopic (exact) mass is 125 g/mol. The molecule has 1 N–H and O–H groups in total. The highest BCUT2D eigenvalue weighted by Crippen LogP contribution is 2.18. The molecule has 1 fully saturated rings. The van der Waals surface area contributed by atoms with Crippen molar-refractivity contribution in [1.82, 2.24) is 5.32 Å². The lowest BCUT2D eigenvalue weighted by atomic mass is 10.0. The average molecular weight is 125 g/mol. The van der Waals surface area contributed by atoms with Gasteiger partial charge in [-0.15, -0.1) is 0 Å². The maximum absolute atomic E-state index is 10.8. The number of nitrogens with one attached hydrogen (secondary N) is 1. The standard InChI is InChI=1S/C7H11NO/c1-4-5(2)7(9)8-6(4)3/h5-6H,1H2,2-3H3,(H,8,9)/t5-,6+/m0/s1. The molecule has 0 bridgehead atoms. The second-order valence-corrected chi connectivity index (χ2v) is 2.53. The first kappa shape index (κ1) is 6.33. The van der Waals surface area contributed by atoms with Crippen molar-refractivity contribution >= 4 is 5.91 Å². The van der Waals surface area contributed by atoms with Gasteiger partial charge in [0.25, 0.3) is 0 Å². The van der Waals surface area contributed by atoms with Crippen LogP contribution in [0.4, 0.5) is 0 Å². The number of rotatable bonds is 0. The number of carbonyl (C=O) groups is 1. The molecule has 0 aromatic heterocycles. The molecule has 0 aromatic carbocycles. The van der Waals surface area contributed by atoms with E-state index in [1.165, 1.54) is 0 Å². The summed E-state index contributed by atoms with van der Waals surface area (Å²) in [5, 5.41) is 2.78. The van der Waals surface area contributed by atoms with Crippen LogP contribution < -0.4 is 5.32 Å². The summed E-state index contributed by atoms with van der Waals surface area (Å²) >= 11 is 0. The van der Waals surface area contributed by atoms with Crippen LogP contribution in [0.3, 0.4) is 0 Å². The smallest absolute Gasteiger partial charge is 0.227 e. The lowest BCUT2D eigenvalue weighted by Gasteiger charge is -2.01. The van der Waals surface area contributed by atoms with Gasteiger partial charge in [-0.1, -0.05) is 6.58 Å². The predicted molar refractivity (Wildman–Crippen MR) is 35.9 cm³/mol. The van der Waals surface area contributed by atoms with E-state index in [9.17, 15) is 4.79 Å². The van der Waals surface area contributed by atoms with Crippen molar-refractivity contribution in [1.29, 1.82) is 0 Å². The Balaban J connectivity index is 2.77. The summed E-state index contributed by atoms with van der Waals surface area (Å²) in [6.07, 6.45) is 0. The van der Waals surface area contributed by atoms with E-state index in [0.717, 1.165) is 5.57 Å². The first-order chi connectivity index (χ1) is 4.13. The molecule has 2 heteroatoms. The fourth-order valence-corrected chi connectivity index (χ4v) is 0.974. The summed E-state index contributed by atoms with van der Waals surface area (Å²) in [5.74, 6) is 0.118. The molecule has 9 heavy (non-hydrogen) atoms. The van der Waals surface area contributed by atoms with Crippen LogP contribution in [0.5, 0.6) is 0 Å². The van der Waals surface area contributed by atoms with Crippen molar-refractivity contribution < 1.29 is 4.79 Å². The van der Waals surface area contributed by atoms with Crippen LogP contribution in [0.15, 0.2) is 12.2 Å². The van der Waals surface area contributed by atoms with E-state index in [-0.39, 0.29) is 17.9 Å². The molecule has 1 rings (SSSR count). The zero-order valence-electron chi connectivity index (χ0n) is 5.77. The molecular weight excluding hydrogens is 114 g/mol. The third kappa shape index (κ3) is 0.846. The summed E-state index contributed by atoms with van der Waals surface area (Å²) < 4.78 is 0. The van der Waals surface area contributed by atoms with Crippen LogP contribution in [0.25, 0.3) is 0 Å². The number of hydrogen-bond donors (Lipinski definition) is 1. The molecular formula is C7H11NO. The predicted octanol–water partition coefficient (Wildman–Crippen LogP) is 0.697. The quantitative estimate of drug-likeness (QED) is 0.474. The van der Waals surface area contributed by atoms with Gasteiger partial charge in [-0.05, 0) is 19.4 Å². The molecule has 0 unspecified atom stereocenters. The normalized spacial score (nSPS) is 34.9. The largest absolute Gasteiger partial charge is 0.349 e. The van der Waals surface area contributed by atoms with Gasteiger partial charge in [-0.2, -0.15) is 0 Å². The molecule has 1 heterocycles. The number of amides is 1. The molecule has 0 saturated carbocycles. The number of carbonyl (C=O) groups excluding carboxylic acids is 1. The fourth-order valence-electron chi connectivity index (χ4n) is 0.974. The Bertz CT molecular complexity index is 162. The summed E-state index contributed by atoms with van der Waals surface area (Å²) in [7, 11) is 0. The van der Waals surface area contributed by atoms with Crippen LogP contribution in [-0.2, 0) is 4.79 Å². The van der Waals surface area contributed by atoms with Crippen LogP contribution in [0, 0.1) is 5.92 Å². The average Bonchev–Trinajstić information content (AvgIpc) is 1.98. The second kappa shape index (κ2) is 1.87. The Morgan fingerprint density at radius 2 is 2.11 bits per heavy atom. The Kier molecular flexibility index (Phi) is 1.31. The van der Waals surface area contributed by atoms with Gasteiger partial charge in [0.1, 0.15) is 0 Å². The van der Waals surface area contributed by atoms with E-state index in [1.807, 2.05) is 13.8 Å². The van der Waals surface area contributed by atoms with Crippen LogP contribution >= 0.6 is 0 Å². The molecule has 1 saturated heterocycles. The van der Waals surface area contributed by atoms with Gasteiger partial charge in [0.2, 0.25) is 5.91 Å². The van der Waals surface area contributed by atoms with Crippen LogP contribution in [0.2, 0.25) is 0 Å². The Labute approximate surface area is 54.9 Å². The second-order valence-electron chi connectivity index (χ2n) is 2.53. The molecule has 2 nitrogen and oxygen atoms in total. The fraction of sp³-hybridized carbons (Fsp3) is 0.571. The Morgan fingerprint density at radius 3 is 2.22 bits per heavy atom. The minimum absolute atomic E-state index is 0.0139. The third-order valence-corrected chi connectivity index (χ3v) is 1.86. The van der Waals surface area contributed by atoms with Crippen molar-refractivity contribution in [2.75, 3.05) is 0 Å². The zero-order chi connectivity index (χ0) is 7.02. The Hall–Kier alpha value is -0.790. The summed E-state index contributed by atoms with van der Waals surface area (Å²) in [6, 6.07) is 0.174. The molecule has 50 valence electrons. The number of hydrogen-bond acceptors (Lipinski definition) is 1.